The number of nitrogens with one attached hydrogen (secondary N) is 1. The molecule has 0 spiro atoms. The minimum Gasteiger partial charge on any atom is -0.496 e. The smallest absolute Gasteiger partial charge is 0.128 e. The number of hydrogen-bond donors (Lipinski definition) is 1. The Morgan fingerprint density at radius 3 is 2.63 bits per heavy atom. The molecule has 0 amide bonds. The van der Waals surface area contributed by atoms with Crippen LogP contribution in [0.2, 0.25) is 0 Å². The number of likely N-dealkylation sites (N-methyl/N-ethyl adjacent to an activating group) is 1. The number of nitrogens with zero attached hydrogens (tertiary/aromatic N) is 1. The third kappa shape index (κ3) is 2.92. The number of ether oxygens (including phenoxy) is 1. The Balaban J connectivity index is 2.22. The maximum Gasteiger partial charge on any atom is 0.128 e. The lowest BCUT2D eigenvalue weighted by molar-refractivity contribution is 0.355. The topological polar surface area (TPSA) is 34.2 Å². The van der Waals surface area contributed by atoms with E-state index >= 15 is 0 Å². The van der Waals surface area contributed by atoms with Crippen LogP contribution >= 0.6 is 0 Å². The summed E-state index contributed by atoms with van der Waals surface area (Å²) >= 11 is 0. The molecule has 3 heteroatoms. The molecule has 19 heavy (non-hydrogen) atoms. The maximum atomic E-state index is 5.50. The number of pyridine rings is 1. The van der Waals surface area contributed by atoms with Crippen molar-refractivity contribution >= 4 is 0 Å². The first-order chi connectivity index (χ1) is 9.01. The summed E-state index contributed by atoms with van der Waals surface area (Å²) < 4.78 is 5.50. The molecule has 0 radical (unpaired) electrons. The molecular formula is C16H26N2O. The number of hydrogen-bond acceptors (Lipinski definition) is 3. The summed E-state index contributed by atoms with van der Waals surface area (Å²) in [4.78, 5) is 4.63. The standard InChI is InChI=1S/C16H26N2O/c1-6-17-14(16(4)7-8-16)9-13-12(3)15(19-5)11(2)10-18-13/h10,14,17H,6-9H2,1-5H3. The Hall–Kier alpha value is -1.09. The average molecular weight is 262 g/mol. The van der Waals surface area contributed by atoms with Crippen molar-refractivity contribution in [3.63, 3.8) is 0 Å². The van der Waals surface area contributed by atoms with Crippen LogP contribution in [0.3, 0.4) is 0 Å². The molecule has 0 aliphatic heterocycles. The van der Waals surface area contributed by atoms with E-state index in [1.807, 2.05) is 13.1 Å². The normalized spacial score (nSPS) is 18.2. The summed E-state index contributed by atoms with van der Waals surface area (Å²) in [5.41, 5.74) is 3.93. The minimum atomic E-state index is 0.461. The van der Waals surface area contributed by atoms with Gasteiger partial charge >= 0.3 is 0 Å². The molecule has 106 valence electrons. The molecular weight excluding hydrogens is 236 g/mol. The van der Waals surface area contributed by atoms with Crippen LogP contribution in [0.5, 0.6) is 5.75 Å². The van der Waals surface area contributed by atoms with Crippen molar-refractivity contribution in [3.05, 3.63) is 23.0 Å². The second-order valence-electron chi connectivity index (χ2n) is 6.01. The van der Waals surface area contributed by atoms with Crippen LogP contribution in [0.4, 0.5) is 0 Å². The summed E-state index contributed by atoms with van der Waals surface area (Å²) in [7, 11) is 1.74. The van der Waals surface area contributed by atoms with Gasteiger partial charge in [0.2, 0.25) is 0 Å². The lowest BCUT2D eigenvalue weighted by Gasteiger charge is -2.25. The Bertz CT molecular complexity index is 452. The summed E-state index contributed by atoms with van der Waals surface area (Å²) in [5.74, 6) is 0.987. The third-order valence-electron chi connectivity index (χ3n) is 4.48. The van der Waals surface area contributed by atoms with E-state index in [0.29, 0.717) is 11.5 Å². The van der Waals surface area contributed by atoms with Gasteiger partial charge in [-0.1, -0.05) is 13.8 Å². The van der Waals surface area contributed by atoms with Gasteiger partial charge in [0, 0.05) is 35.5 Å². The van der Waals surface area contributed by atoms with E-state index in [4.69, 9.17) is 4.74 Å². The van der Waals surface area contributed by atoms with Crippen molar-refractivity contribution in [1.29, 1.82) is 0 Å². The van der Waals surface area contributed by atoms with Gasteiger partial charge in [-0.2, -0.15) is 0 Å². The van der Waals surface area contributed by atoms with Gasteiger partial charge in [0.25, 0.3) is 0 Å². The van der Waals surface area contributed by atoms with E-state index in [2.05, 4.69) is 31.1 Å². The zero-order valence-corrected chi connectivity index (χ0v) is 12.8. The minimum absolute atomic E-state index is 0.461. The van der Waals surface area contributed by atoms with Gasteiger partial charge < -0.3 is 10.1 Å². The van der Waals surface area contributed by atoms with Gasteiger partial charge in [0.05, 0.1) is 7.11 Å². The Kier molecular flexibility index (Phi) is 4.14. The third-order valence-corrected chi connectivity index (χ3v) is 4.48. The zero-order chi connectivity index (χ0) is 14.0. The van der Waals surface area contributed by atoms with E-state index in [-0.39, 0.29) is 0 Å². The molecule has 3 nitrogen and oxygen atoms in total. The van der Waals surface area contributed by atoms with Crippen molar-refractivity contribution in [2.45, 2.75) is 53.0 Å². The second kappa shape index (κ2) is 5.49. The number of rotatable bonds is 6. The quantitative estimate of drug-likeness (QED) is 0.855. The molecule has 0 aromatic carbocycles. The van der Waals surface area contributed by atoms with Gasteiger partial charge in [-0.3, -0.25) is 4.98 Å². The fourth-order valence-electron chi connectivity index (χ4n) is 2.83. The Labute approximate surface area is 116 Å². The molecule has 1 fully saturated rings. The molecule has 1 aliphatic carbocycles. The average Bonchev–Trinajstić information content (AvgIpc) is 3.12. The van der Waals surface area contributed by atoms with Crippen molar-refractivity contribution in [3.8, 4) is 5.75 Å². The molecule has 0 saturated heterocycles. The zero-order valence-electron chi connectivity index (χ0n) is 12.8. The molecule has 0 bridgehead atoms. The second-order valence-corrected chi connectivity index (χ2v) is 6.01. The van der Waals surface area contributed by atoms with Gasteiger partial charge in [-0.05, 0) is 38.6 Å². The van der Waals surface area contributed by atoms with Crippen LogP contribution in [0.1, 0.15) is 43.5 Å². The Morgan fingerprint density at radius 1 is 1.42 bits per heavy atom. The lowest BCUT2D eigenvalue weighted by atomic mass is 9.92. The van der Waals surface area contributed by atoms with Crippen molar-refractivity contribution in [2.75, 3.05) is 13.7 Å². The molecule has 1 aliphatic rings. The highest BCUT2D eigenvalue weighted by Gasteiger charge is 2.44. The van der Waals surface area contributed by atoms with Crippen LogP contribution in [-0.2, 0) is 6.42 Å². The molecule has 1 N–H and O–H groups in total. The van der Waals surface area contributed by atoms with Crippen molar-refractivity contribution < 1.29 is 4.74 Å². The highest BCUT2D eigenvalue weighted by Crippen LogP contribution is 2.49. The number of methoxy groups -OCH3 is 1. The van der Waals surface area contributed by atoms with Crippen LogP contribution < -0.4 is 10.1 Å². The maximum absolute atomic E-state index is 5.50. The summed E-state index contributed by atoms with van der Waals surface area (Å²) in [5, 5.41) is 3.63. The fraction of sp³-hybridized carbons (Fsp3) is 0.688. The van der Waals surface area contributed by atoms with Crippen LogP contribution in [0.25, 0.3) is 0 Å². The predicted octanol–water partition coefficient (Wildman–Crippen LogP) is 3.03. The molecule has 1 aromatic rings. The van der Waals surface area contributed by atoms with E-state index in [1.54, 1.807) is 7.11 Å². The lowest BCUT2D eigenvalue weighted by Crippen LogP contribution is -2.38. The molecule has 1 unspecified atom stereocenters. The summed E-state index contributed by atoms with van der Waals surface area (Å²) in [6.45, 7) is 9.73. The van der Waals surface area contributed by atoms with Gasteiger partial charge in [-0.15, -0.1) is 0 Å². The van der Waals surface area contributed by atoms with E-state index in [9.17, 15) is 0 Å². The van der Waals surface area contributed by atoms with E-state index < -0.39 is 0 Å². The predicted molar refractivity (Wildman–Crippen MR) is 78.8 cm³/mol. The molecule has 1 aromatic heterocycles. The van der Waals surface area contributed by atoms with Crippen molar-refractivity contribution in [1.82, 2.24) is 10.3 Å². The van der Waals surface area contributed by atoms with E-state index in [0.717, 1.165) is 24.3 Å². The largest absolute Gasteiger partial charge is 0.496 e. The number of aromatic nitrogens is 1. The first-order valence-corrected chi connectivity index (χ1v) is 7.24. The molecule has 1 saturated carbocycles. The van der Waals surface area contributed by atoms with E-state index in [1.165, 1.54) is 24.1 Å². The SMILES string of the molecule is CCNC(Cc1ncc(C)c(OC)c1C)C1(C)CC1. The van der Waals surface area contributed by atoms with Crippen molar-refractivity contribution in [2.24, 2.45) is 5.41 Å². The van der Waals surface area contributed by atoms with Crippen LogP contribution in [-0.4, -0.2) is 24.7 Å². The van der Waals surface area contributed by atoms with Crippen LogP contribution in [0, 0.1) is 19.3 Å². The van der Waals surface area contributed by atoms with Gasteiger partial charge in [0.1, 0.15) is 5.75 Å². The highest BCUT2D eigenvalue weighted by molar-refractivity contribution is 5.41. The van der Waals surface area contributed by atoms with Gasteiger partial charge in [0.15, 0.2) is 0 Å². The Morgan fingerprint density at radius 2 is 2.11 bits per heavy atom. The summed E-state index contributed by atoms with van der Waals surface area (Å²) in [6, 6.07) is 0.524. The fourth-order valence-corrected chi connectivity index (χ4v) is 2.83. The molecule has 2 rings (SSSR count). The molecule has 1 atom stereocenters. The van der Waals surface area contributed by atoms with Crippen LogP contribution in [0.15, 0.2) is 6.20 Å². The summed E-state index contributed by atoms with van der Waals surface area (Å²) in [6.07, 6.45) is 5.58. The number of aryl methyl sites for hydroxylation is 1. The first kappa shape index (κ1) is 14.3. The first-order valence-electron chi connectivity index (χ1n) is 7.24. The molecule has 1 heterocycles. The monoisotopic (exact) mass is 262 g/mol. The highest BCUT2D eigenvalue weighted by atomic mass is 16.5. The van der Waals surface area contributed by atoms with Gasteiger partial charge in [-0.25, -0.2) is 0 Å².